The van der Waals surface area contributed by atoms with Gasteiger partial charge in [-0.15, -0.1) is 33.2 Å². The third kappa shape index (κ3) is 5.52. The molecule has 0 aromatic rings. The molecule has 0 amide bonds. The fraction of sp³-hybridized carbons (Fsp3) is 0. The summed E-state index contributed by atoms with van der Waals surface area (Å²) in [6.45, 7) is 0. The van der Waals surface area contributed by atoms with Gasteiger partial charge in [-0.2, -0.15) is 0 Å². The first-order chi connectivity index (χ1) is 2.56. The molecule has 0 bridgehead atoms. The van der Waals surface area contributed by atoms with Crippen molar-refractivity contribution in [1.29, 1.82) is 0 Å². The summed E-state index contributed by atoms with van der Waals surface area (Å²) in [5, 5.41) is 0. The Balaban J connectivity index is 3.17. The average molecular weight is 196 g/mol. The fourth-order valence-corrected chi connectivity index (χ4v) is 0. The Morgan fingerprint density at radius 3 is 1.50 bits per heavy atom. The van der Waals surface area contributed by atoms with Crippen molar-refractivity contribution >= 4 is 57.1 Å². The van der Waals surface area contributed by atoms with Crippen LogP contribution in [0, 0.1) is 0 Å². The molecule has 0 aromatic carbocycles. The van der Waals surface area contributed by atoms with Crippen LogP contribution in [-0.4, -0.2) is 23.8 Å². The molecule has 0 rings (SSSR count). The van der Waals surface area contributed by atoms with E-state index >= 15 is 0 Å². The lowest BCUT2D eigenvalue weighted by Crippen LogP contribution is -2.20. The van der Waals surface area contributed by atoms with E-state index < -0.39 is 5.52 Å². The molecule has 0 N–H and O–H groups in total. The van der Waals surface area contributed by atoms with E-state index in [2.05, 4.69) is 0 Å². The van der Waals surface area contributed by atoms with Gasteiger partial charge in [-0.3, -0.25) is 0 Å². The van der Waals surface area contributed by atoms with E-state index in [4.69, 9.17) is 33.2 Å². The van der Waals surface area contributed by atoms with E-state index in [1.54, 1.807) is 0 Å². The van der Waals surface area contributed by atoms with E-state index in [9.17, 15) is 0 Å². The van der Waals surface area contributed by atoms with Crippen molar-refractivity contribution in [2.45, 2.75) is 0 Å². The van der Waals surface area contributed by atoms with Crippen molar-refractivity contribution < 1.29 is 0 Å². The van der Waals surface area contributed by atoms with Gasteiger partial charge in [0.1, 0.15) is 0 Å². The topological polar surface area (TPSA) is 0 Å². The first kappa shape index (κ1) is 7.52. The Morgan fingerprint density at radius 1 is 1.33 bits per heavy atom. The first-order valence-corrected chi connectivity index (χ1v) is 14.6. The van der Waals surface area contributed by atoms with Gasteiger partial charge in [0.25, 0.3) is 0 Å². The van der Waals surface area contributed by atoms with Crippen LogP contribution < -0.4 is 0 Å². The lowest BCUT2D eigenvalue weighted by atomic mass is 26.6. The molecule has 0 unspecified atom stereocenters. The minimum Gasteiger partial charge on any atom is -0.131 e. The van der Waals surface area contributed by atoms with Gasteiger partial charge in [-0.1, -0.05) is 0 Å². The second-order valence-electron chi connectivity index (χ2n) is 0.969. The van der Waals surface area contributed by atoms with Crippen molar-refractivity contribution in [2.24, 2.45) is 0 Å². The maximum absolute atomic E-state index is 5.48. The zero-order valence-electron chi connectivity index (χ0n) is 3.34. The van der Waals surface area contributed by atoms with E-state index in [0.717, 1.165) is 9.76 Å². The predicted molar refractivity (Wildman–Crippen MR) is 41.8 cm³/mol. The summed E-state index contributed by atoms with van der Waals surface area (Å²) >= 11 is 16.5. The number of hydrogen-bond donors (Lipinski definition) is 0. The maximum atomic E-state index is 5.48. The molecule has 0 heterocycles. The molecule has 38 valence electrons. The van der Waals surface area contributed by atoms with Crippen LogP contribution in [0.1, 0.15) is 0 Å². The SMILES string of the molecule is [SiH3][SiH2][Si](Cl)(Cl)Cl. The zero-order chi connectivity index (χ0) is 5.21. The van der Waals surface area contributed by atoms with Crippen molar-refractivity contribution in [3.8, 4) is 0 Å². The Bertz CT molecular complexity index is 35.8. The van der Waals surface area contributed by atoms with Gasteiger partial charge >= 0.3 is 5.52 Å². The van der Waals surface area contributed by atoms with E-state index in [1.807, 2.05) is 0 Å². The fourth-order valence-electron chi connectivity index (χ4n) is 0. The summed E-state index contributed by atoms with van der Waals surface area (Å²) in [6.07, 6.45) is 0. The highest BCUT2D eigenvalue weighted by molar-refractivity contribution is 7.86. The lowest BCUT2D eigenvalue weighted by molar-refractivity contribution is 3.71. The molecular formula is H5Cl3Si3. The highest BCUT2D eigenvalue weighted by Crippen LogP contribution is 2.15. The van der Waals surface area contributed by atoms with Crippen LogP contribution in [0.25, 0.3) is 0 Å². The summed E-state index contributed by atoms with van der Waals surface area (Å²) < 4.78 is 0. The highest BCUT2D eigenvalue weighted by Gasteiger charge is 2.20. The summed E-state index contributed by atoms with van der Waals surface area (Å²) in [7, 11) is 0.979. The molecule has 0 aliphatic carbocycles. The summed E-state index contributed by atoms with van der Waals surface area (Å²) in [5.41, 5.74) is -2.01. The van der Waals surface area contributed by atoms with Crippen LogP contribution >= 0.6 is 33.2 Å². The standard InChI is InChI=1S/Cl3H5Si3/c1-6(2,3)5-4/h5H2,4H3. The molecule has 6 heteroatoms. The van der Waals surface area contributed by atoms with Crippen molar-refractivity contribution in [1.82, 2.24) is 0 Å². The van der Waals surface area contributed by atoms with Gasteiger partial charge in [0.15, 0.2) is 0 Å². The molecular weight excluding hydrogens is 191 g/mol. The number of hydrogen-bond acceptors (Lipinski definition) is 0. The number of halogens is 3. The predicted octanol–water partition coefficient (Wildman–Crippen LogP) is -0.412. The van der Waals surface area contributed by atoms with E-state index in [-0.39, 0.29) is 8.55 Å². The molecule has 6 heavy (non-hydrogen) atoms. The molecule has 0 saturated carbocycles. The molecule has 0 aliphatic rings. The van der Waals surface area contributed by atoms with Gasteiger partial charge in [0.2, 0.25) is 0 Å². The van der Waals surface area contributed by atoms with Gasteiger partial charge in [0.05, 0.1) is 8.55 Å². The Morgan fingerprint density at radius 2 is 1.50 bits per heavy atom. The Labute approximate surface area is 57.1 Å². The third-order valence-corrected chi connectivity index (χ3v) is 32.5. The summed E-state index contributed by atoms with van der Waals surface area (Å²) in [6, 6.07) is 0. The van der Waals surface area contributed by atoms with Crippen molar-refractivity contribution in [3.63, 3.8) is 0 Å². The summed E-state index contributed by atoms with van der Waals surface area (Å²) in [4.78, 5) is 0. The Hall–Kier alpha value is 1.52. The van der Waals surface area contributed by atoms with E-state index in [0.29, 0.717) is 0 Å². The Kier molecular flexibility index (Phi) is 3.43. The van der Waals surface area contributed by atoms with Crippen LogP contribution in [0.5, 0.6) is 0 Å². The molecule has 0 radical (unpaired) electrons. The third-order valence-electron chi connectivity index (χ3n) is 0.401. The molecule has 0 aliphatic heterocycles. The van der Waals surface area contributed by atoms with Gasteiger partial charge in [-0.05, 0) is 9.76 Å². The second-order valence-corrected chi connectivity index (χ2v) is 26.2. The summed E-state index contributed by atoms with van der Waals surface area (Å²) in [5.74, 6) is 0. The minimum atomic E-state index is -2.01. The quantitative estimate of drug-likeness (QED) is 0.394. The maximum Gasteiger partial charge on any atom is 0.314 e. The van der Waals surface area contributed by atoms with Gasteiger partial charge in [0, 0.05) is 0 Å². The molecule has 0 atom stereocenters. The zero-order valence-corrected chi connectivity index (χ0v) is 10.0. The van der Waals surface area contributed by atoms with Crippen LogP contribution in [0.3, 0.4) is 0 Å². The van der Waals surface area contributed by atoms with Crippen LogP contribution in [0.2, 0.25) is 0 Å². The van der Waals surface area contributed by atoms with E-state index in [1.165, 1.54) is 0 Å². The normalized spacial score (nSPS) is 14.5. The van der Waals surface area contributed by atoms with Crippen molar-refractivity contribution in [2.75, 3.05) is 0 Å². The van der Waals surface area contributed by atoms with Crippen molar-refractivity contribution in [3.05, 3.63) is 0 Å². The molecule has 0 saturated heterocycles. The lowest BCUT2D eigenvalue weighted by Gasteiger charge is -1.97. The van der Waals surface area contributed by atoms with Crippen LogP contribution in [0.15, 0.2) is 0 Å². The number of rotatable bonds is 1. The molecule has 0 fully saturated rings. The molecule has 0 spiro atoms. The second kappa shape index (κ2) is 2.74. The monoisotopic (exact) mass is 194 g/mol. The molecule has 0 aromatic heterocycles. The minimum absolute atomic E-state index is 0.174. The van der Waals surface area contributed by atoms with Gasteiger partial charge in [-0.25, -0.2) is 0 Å². The highest BCUT2D eigenvalue weighted by atomic mass is 35.8. The molecule has 0 nitrogen and oxygen atoms in total. The smallest absolute Gasteiger partial charge is 0.131 e. The largest absolute Gasteiger partial charge is 0.314 e. The van der Waals surface area contributed by atoms with Crippen LogP contribution in [0.4, 0.5) is 0 Å². The average Bonchev–Trinajstić information content (AvgIpc) is 1.35. The van der Waals surface area contributed by atoms with Crippen LogP contribution in [-0.2, 0) is 0 Å². The first-order valence-electron chi connectivity index (χ1n) is 1.63. The van der Waals surface area contributed by atoms with Gasteiger partial charge < -0.3 is 0 Å².